The van der Waals surface area contributed by atoms with Gasteiger partial charge in [0.05, 0.1) is 11.8 Å². The SMILES string of the molecule is Nc1cc(C(=O)Nc2ccc(-c3cc4c(s3)c(=O)ncn4Cc3ccc(Cl)cc3)cc2)ccn1. The van der Waals surface area contributed by atoms with Gasteiger partial charge in [-0.3, -0.25) is 9.59 Å². The number of amides is 1. The molecular weight excluding hydrogens is 470 g/mol. The van der Waals surface area contributed by atoms with Crippen molar-refractivity contribution >= 4 is 50.6 Å². The van der Waals surface area contributed by atoms with Crippen molar-refractivity contribution in [1.29, 1.82) is 0 Å². The average Bonchev–Trinajstić information content (AvgIpc) is 3.29. The van der Waals surface area contributed by atoms with Gasteiger partial charge in [-0.25, -0.2) is 4.98 Å². The Balaban J connectivity index is 1.40. The third kappa shape index (κ3) is 4.54. The highest BCUT2D eigenvalue weighted by Crippen LogP contribution is 2.32. The molecule has 0 saturated heterocycles. The number of pyridine rings is 1. The summed E-state index contributed by atoms with van der Waals surface area (Å²) >= 11 is 7.39. The molecule has 0 saturated carbocycles. The van der Waals surface area contributed by atoms with Crippen LogP contribution in [0.3, 0.4) is 0 Å². The van der Waals surface area contributed by atoms with Crippen LogP contribution in [-0.4, -0.2) is 20.4 Å². The van der Waals surface area contributed by atoms with Gasteiger partial charge in [0, 0.05) is 33.9 Å². The van der Waals surface area contributed by atoms with Gasteiger partial charge in [0.15, 0.2) is 0 Å². The van der Waals surface area contributed by atoms with E-state index in [1.54, 1.807) is 12.4 Å². The zero-order valence-electron chi connectivity index (χ0n) is 17.7. The number of nitrogens with one attached hydrogen (secondary N) is 1. The number of hydrogen-bond donors (Lipinski definition) is 2. The van der Waals surface area contributed by atoms with Crippen LogP contribution in [0.4, 0.5) is 11.5 Å². The van der Waals surface area contributed by atoms with Crippen molar-refractivity contribution < 1.29 is 4.79 Å². The average molecular weight is 488 g/mol. The maximum atomic E-state index is 12.4. The smallest absolute Gasteiger partial charge is 0.290 e. The van der Waals surface area contributed by atoms with E-state index in [1.807, 2.05) is 59.2 Å². The van der Waals surface area contributed by atoms with E-state index in [2.05, 4.69) is 15.3 Å². The Labute approximate surface area is 203 Å². The summed E-state index contributed by atoms with van der Waals surface area (Å²) in [5.41, 5.74) is 9.29. The summed E-state index contributed by atoms with van der Waals surface area (Å²) in [5, 5.41) is 3.52. The van der Waals surface area contributed by atoms with Crippen molar-refractivity contribution in [1.82, 2.24) is 14.5 Å². The van der Waals surface area contributed by atoms with Crippen molar-refractivity contribution in [3.63, 3.8) is 0 Å². The molecule has 168 valence electrons. The lowest BCUT2D eigenvalue weighted by Crippen LogP contribution is -2.12. The quantitative estimate of drug-likeness (QED) is 0.361. The maximum Gasteiger partial charge on any atom is 0.290 e. The third-order valence-electron chi connectivity index (χ3n) is 5.27. The van der Waals surface area contributed by atoms with Crippen LogP contribution in [0.5, 0.6) is 0 Å². The van der Waals surface area contributed by atoms with Gasteiger partial charge < -0.3 is 15.6 Å². The molecule has 0 bridgehead atoms. The molecule has 0 fully saturated rings. The fraction of sp³-hybridized carbons (Fsp3) is 0.0400. The van der Waals surface area contributed by atoms with Crippen molar-refractivity contribution in [2.75, 3.05) is 11.1 Å². The topological polar surface area (TPSA) is 103 Å². The van der Waals surface area contributed by atoms with E-state index < -0.39 is 0 Å². The largest absolute Gasteiger partial charge is 0.384 e. The molecule has 2 aromatic carbocycles. The van der Waals surface area contributed by atoms with Crippen LogP contribution in [0.15, 0.2) is 84.0 Å². The summed E-state index contributed by atoms with van der Waals surface area (Å²) in [7, 11) is 0. The highest BCUT2D eigenvalue weighted by atomic mass is 35.5. The standard InChI is InChI=1S/C25H18ClN5O2S/c26-18-5-1-15(2-6-18)13-31-14-29-25(33)23-20(31)12-21(34-23)16-3-7-19(8-4-16)30-24(32)17-9-10-28-22(27)11-17/h1-12,14H,13H2,(H2,27,28)(H,30,32). The predicted molar refractivity (Wildman–Crippen MR) is 136 cm³/mol. The number of aromatic nitrogens is 3. The molecule has 3 aromatic heterocycles. The molecule has 3 heterocycles. The molecule has 34 heavy (non-hydrogen) atoms. The monoisotopic (exact) mass is 487 g/mol. The summed E-state index contributed by atoms with van der Waals surface area (Å²) < 4.78 is 2.55. The minimum atomic E-state index is -0.269. The lowest BCUT2D eigenvalue weighted by atomic mass is 10.1. The van der Waals surface area contributed by atoms with E-state index >= 15 is 0 Å². The third-order valence-corrected chi connectivity index (χ3v) is 6.68. The number of nitrogen functional groups attached to an aromatic ring is 1. The van der Waals surface area contributed by atoms with Gasteiger partial charge in [-0.05, 0) is 53.6 Å². The Bertz CT molecular complexity index is 1560. The number of halogens is 1. The highest BCUT2D eigenvalue weighted by Gasteiger charge is 2.12. The first-order valence-electron chi connectivity index (χ1n) is 10.3. The Morgan fingerprint density at radius 2 is 1.79 bits per heavy atom. The molecule has 0 aliphatic heterocycles. The van der Waals surface area contributed by atoms with Crippen LogP contribution >= 0.6 is 22.9 Å². The molecule has 9 heteroatoms. The number of thiophene rings is 1. The Morgan fingerprint density at radius 1 is 1.03 bits per heavy atom. The zero-order chi connectivity index (χ0) is 23.7. The second kappa shape index (κ2) is 9.09. The molecule has 3 N–H and O–H groups in total. The molecule has 0 atom stereocenters. The van der Waals surface area contributed by atoms with E-state index in [9.17, 15) is 9.59 Å². The van der Waals surface area contributed by atoms with E-state index in [-0.39, 0.29) is 17.3 Å². The van der Waals surface area contributed by atoms with Crippen molar-refractivity contribution in [3.05, 3.63) is 106 Å². The maximum absolute atomic E-state index is 12.4. The second-order valence-electron chi connectivity index (χ2n) is 7.63. The molecule has 1 amide bonds. The van der Waals surface area contributed by atoms with E-state index in [0.29, 0.717) is 27.5 Å². The number of carbonyl (C=O) groups excluding carboxylic acids is 1. The molecule has 7 nitrogen and oxygen atoms in total. The van der Waals surface area contributed by atoms with Gasteiger partial charge in [0.2, 0.25) is 0 Å². The molecular formula is C25H18ClN5O2S. The number of carbonyl (C=O) groups is 1. The first kappa shape index (κ1) is 21.8. The number of hydrogen-bond acceptors (Lipinski definition) is 6. The summed E-state index contributed by atoms with van der Waals surface area (Å²) in [5.74, 6) is 0.0160. The molecule has 0 radical (unpaired) electrons. The lowest BCUT2D eigenvalue weighted by molar-refractivity contribution is 0.102. The first-order chi connectivity index (χ1) is 16.5. The number of benzene rings is 2. The number of rotatable bonds is 5. The summed E-state index contributed by atoms with van der Waals surface area (Å²) in [4.78, 5) is 33.7. The minimum Gasteiger partial charge on any atom is -0.384 e. The molecule has 0 aliphatic carbocycles. The Hall–Kier alpha value is -4.01. The highest BCUT2D eigenvalue weighted by molar-refractivity contribution is 7.22. The summed E-state index contributed by atoms with van der Waals surface area (Å²) in [6.07, 6.45) is 3.06. The van der Waals surface area contributed by atoms with Gasteiger partial charge in [0.1, 0.15) is 10.5 Å². The van der Waals surface area contributed by atoms with Gasteiger partial charge in [-0.1, -0.05) is 35.9 Å². The van der Waals surface area contributed by atoms with Crippen molar-refractivity contribution in [2.45, 2.75) is 6.54 Å². The van der Waals surface area contributed by atoms with Crippen LogP contribution in [-0.2, 0) is 6.54 Å². The van der Waals surface area contributed by atoms with Gasteiger partial charge in [0.25, 0.3) is 11.5 Å². The second-order valence-corrected chi connectivity index (χ2v) is 9.12. The fourth-order valence-electron chi connectivity index (χ4n) is 3.56. The molecule has 5 aromatic rings. The van der Waals surface area contributed by atoms with E-state index in [1.165, 1.54) is 23.6 Å². The van der Waals surface area contributed by atoms with Crippen molar-refractivity contribution in [2.24, 2.45) is 0 Å². The Morgan fingerprint density at radius 3 is 2.53 bits per heavy atom. The van der Waals surface area contributed by atoms with Gasteiger partial charge in [-0.15, -0.1) is 11.3 Å². The van der Waals surface area contributed by atoms with E-state index in [4.69, 9.17) is 17.3 Å². The molecule has 0 unspecified atom stereocenters. The van der Waals surface area contributed by atoms with E-state index in [0.717, 1.165) is 21.5 Å². The molecule has 5 rings (SSSR count). The number of anilines is 2. The normalized spacial score (nSPS) is 11.0. The van der Waals surface area contributed by atoms with Gasteiger partial charge >= 0.3 is 0 Å². The lowest BCUT2D eigenvalue weighted by Gasteiger charge is -2.07. The summed E-state index contributed by atoms with van der Waals surface area (Å²) in [6, 6.07) is 20.2. The van der Waals surface area contributed by atoms with Crippen LogP contribution in [0.2, 0.25) is 5.02 Å². The Kier molecular flexibility index (Phi) is 5.83. The number of nitrogens with zero attached hydrogens (tertiary/aromatic N) is 3. The number of nitrogens with two attached hydrogens (primary N) is 1. The van der Waals surface area contributed by atoms with Crippen molar-refractivity contribution in [3.8, 4) is 10.4 Å². The van der Waals surface area contributed by atoms with Crippen LogP contribution in [0.25, 0.3) is 20.7 Å². The van der Waals surface area contributed by atoms with Crippen LogP contribution in [0.1, 0.15) is 15.9 Å². The number of fused-ring (bicyclic) bond motifs is 1. The van der Waals surface area contributed by atoms with Crippen LogP contribution < -0.4 is 16.6 Å². The predicted octanol–water partition coefficient (Wildman–Crippen LogP) is 5.06. The zero-order valence-corrected chi connectivity index (χ0v) is 19.3. The molecule has 0 aliphatic rings. The molecule has 0 spiro atoms. The summed E-state index contributed by atoms with van der Waals surface area (Å²) in [6.45, 7) is 0.571. The minimum absolute atomic E-state index is 0.251. The first-order valence-corrected chi connectivity index (χ1v) is 11.5. The van der Waals surface area contributed by atoms with Gasteiger partial charge in [-0.2, -0.15) is 4.98 Å². The van der Waals surface area contributed by atoms with Crippen LogP contribution in [0, 0.1) is 0 Å². The fourth-order valence-corrected chi connectivity index (χ4v) is 4.75.